The molecule has 0 saturated heterocycles. The summed E-state index contributed by atoms with van der Waals surface area (Å²) in [6.07, 6.45) is 3.25. The van der Waals surface area contributed by atoms with Gasteiger partial charge in [0.25, 0.3) is 0 Å². The Labute approximate surface area is 170 Å². The highest BCUT2D eigenvalue weighted by Gasteiger charge is 2.41. The van der Waals surface area contributed by atoms with Crippen LogP contribution in [0.25, 0.3) is 10.9 Å². The highest BCUT2D eigenvalue weighted by atomic mass is 16.5. The SMILES string of the molecule is COc1ccc([C@H]2C3=C(CC(C)(C)CC3=O)Nc3ccc4ncccc4c32)cc1. The number of anilines is 1. The van der Waals surface area contributed by atoms with Gasteiger partial charge in [0, 0.05) is 40.9 Å². The maximum atomic E-state index is 13.4. The van der Waals surface area contributed by atoms with Crippen LogP contribution in [0.1, 0.15) is 43.7 Å². The first-order chi connectivity index (χ1) is 14.0. The summed E-state index contributed by atoms with van der Waals surface area (Å²) in [5.74, 6) is 0.938. The molecule has 0 unspecified atom stereocenters. The Morgan fingerprint density at radius 3 is 2.62 bits per heavy atom. The summed E-state index contributed by atoms with van der Waals surface area (Å²) in [5, 5.41) is 4.69. The van der Waals surface area contributed by atoms with Gasteiger partial charge in [0.2, 0.25) is 0 Å². The predicted molar refractivity (Wildman–Crippen MR) is 115 cm³/mol. The first-order valence-electron chi connectivity index (χ1n) is 10.0. The van der Waals surface area contributed by atoms with E-state index in [1.165, 1.54) is 0 Å². The number of methoxy groups -OCH3 is 1. The van der Waals surface area contributed by atoms with E-state index < -0.39 is 0 Å². The minimum Gasteiger partial charge on any atom is -0.497 e. The zero-order valence-electron chi connectivity index (χ0n) is 17.0. The zero-order valence-corrected chi connectivity index (χ0v) is 17.0. The van der Waals surface area contributed by atoms with Gasteiger partial charge >= 0.3 is 0 Å². The molecule has 2 aliphatic rings. The molecule has 0 bridgehead atoms. The molecule has 1 atom stereocenters. The fourth-order valence-corrected chi connectivity index (χ4v) is 4.81. The molecule has 1 aliphatic carbocycles. The summed E-state index contributed by atoms with van der Waals surface area (Å²) < 4.78 is 5.35. The standard InChI is InChI=1S/C25H24N2O2/c1-25(2)13-20-24(21(28)14-25)22(15-6-8-16(29-3)9-7-15)23-17-5-4-12-26-18(17)10-11-19(23)27-20/h4-12,22,27H,13-14H2,1-3H3/t22-/m1/s1. The Kier molecular flexibility index (Phi) is 3.98. The molecule has 0 amide bonds. The van der Waals surface area contributed by atoms with E-state index in [0.29, 0.717) is 6.42 Å². The second-order valence-corrected chi connectivity index (χ2v) is 8.76. The third-order valence-electron chi connectivity index (χ3n) is 6.06. The molecule has 4 nitrogen and oxygen atoms in total. The number of hydrogen-bond acceptors (Lipinski definition) is 4. The number of nitrogens with one attached hydrogen (secondary N) is 1. The molecule has 1 aliphatic heterocycles. The normalized spacial score (nSPS) is 20.1. The van der Waals surface area contributed by atoms with Crippen LogP contribution >= 0.6 is 0 Å². The quantitative estimate of drug-likeness (QED) is 0.639. The van der Waals surface area contributed by atoms with Gasteiger partial charge in [0.1, 0.15) is 5.75 Å². The molecule has 29 heavy (non-hydrogen) atoms. The summed E-state index contributed by atoms with van der Waals surface area (Å²) in [7, 11) is 1.67. The van der Waals surface area contributed by atoms with Crippen LogP contribution < -0.4 is 10.1 Å². The third kappa shape index (κ3) is 2.91. The number of nitrogens with zero attached hydrogens (tertiary/aromatic N) is 1. The number of benzene rings is 2. The van der Waals surface area contributed by atoms with E-state index in [4.69, 9.17) is 4.74 Å². The first kappa shape index (κ1) is 17.9. The molecule has 2 aromatic carbocycles. The second kappa shape index (κ2) is 6.45. The molecule has 3 aromatic rings. The topological polar surface area (TPSA) is 51.2 Å². The highest BCUT2D eigenvalue weighted by molar-refractivity contribution is 6.04. The van der Waals surface area contributed by atoms with E-state index in [-0.39, 0.29) is 17.1 Å². The van der Waals surface area contributed by atoms with Crippen molar-refractivity contribution in [3.8, 4) is 5.75 Å². The van der Waals surface area contributed by atoms with Crippen molar-refractivity contribution in [2.45, 2.75) is 32.6 Å². The molecule has 1 N–H and O–H groups in total. The van der Waals surface area contributed by atoms with E-state index in [9.17, 15) is 4.79 Å². The van der Waals surface area contributed by atoms with Gasteiger partial charge in [-0.05, 0) is 53.3 Å². The molecule has 0 spiro atoms. The van der Waals surface area contributed by atoms with Crippen molar-refractivity contribution in [1.82, 2.24) is 4.98 Å². The molecule has 5 rings (SSSR count). The minimum atomic E-state index is -0.108. The van der Waals surface area contributed by atoms with E-state index in [2.05, 4.69) is 48.4 Å². The van der Waals surface area contributed by atoms with Crippen molar-refractivity contribution < 1.29 is 9.53 Å². The van der Waals surface area contributed by atoms with Gasteiger partial charge in [-0.15, -0.1) is 0 Å². The Balaban J connectivity index is 1.79. The summed E-state index contributed by atoms with van der Waals surface area (Å²) >= 11 is 0. The number of carbonyl (C=O) groups is 1. The molecule has 146 valence electrons. The van der Waals surface area contributed by atoms with Crippen molar-refractivity contribution in [3.63, 3.8) is 0 Å². The Hall–Kier alpha value is -3.14. The van der Waals surface area contributed by atoms with Crippen LogP contribution in [-0.4, -0.2) is 17.9 Å². The average Bonchev–Trinajstić information content (AvgIpc) is 2.71. The van der Waals surface area contributed by atoms with Crippen LogP contribution in [0.4, 0.5) is 5.69 Å². The fourth-order valence-electron chi connectivity index (χ4n) is 4.81. The zero-order chi connectivity index (χ0) is 20.2. The van der Waals surface area contributed by atoms with Gasteiger partial charge in [-0.3, -0.25) is 9.78 Å². The fraction of sp³-hybridized carbons (Fsp3) is 0.280. The van der Waals surface area contributed by atoms with Crippen LogP contribution in [0, 0.1) is 5.41 Å². The number of rotatable bonds is 2. The molecule has 0 saturated carbocycles. The number of Topliss-reactive ketones (excluding diaryl/α,β-unsaturated/α-hetero) is 1. The van der Waals surface area contributed by atoms with Crippen LogP contribution in [-0.2, 0) is 4.79 Å². The molecule has 0 fully saturated rings. The maximum absolute atomic E-state index is 13.4. The Morgan fingerprint density at radius 1 is 1.07 bits per heavy atom. The third-order valence-corrected chi connectivity index (χ3v) is 6.06. The molecule has 4 heteroatoms. The number of fused-ring (bicyclic) bond motifs is 3. The lowest BCUT2D eigenvalue weighted by molar-refractivity contribution is -0.118. The lowest BCUT2D eigenvalue weighted by atomic mass is 9.68. The molecule has 1 aromatic heterocycles. The lowest BCUT2D eigenvalue weighted by Gasteiger charge is -2.40. The molecule has 2 heterocycles. The number of ether oxygens (including phenoxy) is 1. The Bertz CT molecular complexity index is 1160. The summed E-state index contributed by atoms with van der Waals surface area (Å²) in [4.78, 5) is 17.9. The average molecular weight is 384 g/mol. The van der Waals surface area contributed by atoms with Gasteiger partial charge in [-0.2, -0.15) is 0 Å². The lowest BCUT2D eigenvalue weighted by Crippen LogP contribution is -2.33. The number of allylic oxidation sites excluding steroid dienone is 2. The molecule has 0 radical (unpaired) electrons. The van der Waals surface area contributed by atoms with Crippen molar-refractivity contribution in [2.24, 2.45) is 5.41 Å². The number of hydrogen-bond donors (Lipinski definition) is 1. The summed E-state index contributed by atoms with van der Waals surface area (Å²) in [6, 6.07) is 16.3. The summed E-state index contributed by atoms with van der Waals surface area (Å²) in [5.41, 5.74) is 6.16. The maximum Gasteiger partial charge on any atom is 0.162 e. The summed E-state index contributed by atoms with van der Waals surface area (Å²) in [6.45, 7) is 4.33. The van der Waals surface area contributed by atoms with Gasteiger partial charge in [0.05, 0.1) is 12.6 Å². The first-order valence-corrected chi connectivity index (χ1v) is 10.0. The highest BCUT2D eigenvalue weighted by Crippen LogP contribution is 2.50. The van der Waals surface area contributed by atoms with Gasteiger partial charge in [-0.25, -0.2) is 0 Å². The van der Waals surface area contributed by atoms with Crippen LogP contribution in [0.2, 0.25) is 0 Å². The van der Waals surface area contributed by atoms with Crippen molar-refractivity contribution in [2.75, 3.05) is 12.4 Å². The monoisotopic (exact) mass is 384 g/mol. The van der Waals surface area contributed by atoms with Crippen LogP contribution in [0.15, 0.2) is 66.0 Å². The van der Waals surface area contributed by atoms with E-state index in [1.54, 1.807) is 7.11 Å². The van der Waals surface area contributed by atoms with Gasteiger partial charge in [0.15, 0.2) is 5.78 Å². The number of carbonyl (C=O) groups excluding carboxylic acids is 1. The van der Waals surface area contributed by atoms with E-state index in [0.717, 1.165) is 51.2 Å². The minimum absolute atomic E-state index is 0.0384. The number of aromatic nitrogens is 1. The van der Waals surface area contributed by atoms with Gasteiger partial charge < -0.3 is 10.1 Å². The van der Waals surface area contributed by atoms with Crippen LogP contribution in [0.3, 0.4) is 0 Å². The smallest absolute Gasteiger partial charge is 0.162 e. The van der Waals surface area contributed by atoms with Crippen LogP contribution in [0.5, 0.6) is 5.75 Å². The van der Waals surface area contributed by atoms with E-state index >= 15 is 0 Å². The number of pyridine rings is 1. The van der Waals surface area contributed by atoms with Crippen molar-refractivity contribution in [1.29, 1.82) is 0 Å². The van der Waals surface area contributed by atoms with Gasteiger partial charge in [-0.1, -0.05) is 32.0 Å². The van der Waals surface area contributed by atoms with Crippen molar-refractivity contribution >= 4 is 22.4 Å². The molecular formula is C25H24N2O2. The van der Waals surface area contributed by atoms with E-state index in [1.807, 2.05) is 30.5 Å². The largest absolute Gasteiger partial charge is 0.497 e. The number of ketones is 1. The Morgan fingerprint density at radius 2 is 1.86 bits per heavy atom. The van der Waals surface area contributed by atoms with Crippen molar-refractivity contribution in [3.05, 3.63) is 77.1 Å². The molecular weight excluding hydrogens is 360 g/mol. The second-order valence-electron chi connectivity index (χ2n) is 8.76. The predicted octanol–water partition coefficient (Wildman–Crippen LogP) is 5.44.